The van der Waals surface area contributed by atoms with Crippen LogP contribution in [-0.2, 0) is 0 Å². The minimum Gasteiger partial charge on any atom is -0.496 e. The standard InChI is InChI=1S/C15H13NO4/c1-10-7-8-14(20-2)12(9-10)15(17)11-5-3-4-6-13(11)16(18)19/h3-9H,1-2H3. The minimum absolute atomic E-state index is 0.0569. The zero-order chi connectivity index (χ0) is 14.7. The van der Waals surface area contributed by atoms with E-state index in [0.717, 1.165) is 5.56 Å². The summed E-state index contributed by atoms with van der Waals surface area (Å²) in [5.74, 6) is -0.0170. The fraction of sp³-hybridized carbons (Fsp3) is 0.133. The van der Waals surface area contributed by atoms with Crippen molar-refractivity contribution in [1.29, 1.82) is 0 Å². The molecule has 0 aliphatic rings. The molecule has 0 heterocycles. The van der Waals surface area contributed by atoms with Crippen molar-refractivity contribution >= 4 is 11.5 Å². The number of methoxy groups -OCH3 is 1. The Morgan fingerprint density at radius 1 is 1.15 bits per heavy atom. The van der Waals surface area contributed by atoms with Gasteiger partial charge in [0.05, 0.1) is 17.6 Å². The Hall–Kier alpha value is -2.69. The number of ketones is 1. The van der Waals surface area contributed by atoms with Crippen molar-refractivity contribution in [3.63, 3.8) is 0 Å². The van der Waals surface area contributed by atoms with Crippen LogP contribution in [0.3, 0.4) is 0 Å². The number of nitrogens with zero attached hydrogens (tertiary/aromatic N) is 1. The SMILES string of the molecule is COc1ccc(C)cc1C(=O)c1ccccc1[N+](=O)[O-]. The number of carbonyl (C=O) groups excluding carboxylic acids is 1. The lowest BCUT2D eigenvalue weighted by Crippen LogP contribution is -2.07. The topological polar surface area (TPSA) is 69.4 Å². The maximum absolute atomic E-state index is 12.5. The number of hydrogen-bond acceptors (Lipinski definition) is 4. The van der Waals surface area contributed by atoms with Crippen LogP contribution < -0.4 is 4.74 Å². The molecule has 0 unspecified atom stereocenters. The fourth-order valence-corrected chi connectivity index (χ4v) is 1.97. The van der Waals surface area contributed by atoms with Crippen LogP contribution in [0.4, 0.5) is 5.69 Å². The van der Waals surface area contributed by atoms with Gasteiger partial charge < -0.3 is 4.74 Å². The summed E-state index contributed by atoms with van der Waals surface area (Å²) in [4.78, 5) is 23.0. The lowest BCUT2D eigenvalue weighted by molar-refractivity contribution is -0.385. The van der Waals surface area contributed by atoms with Crippen molar-refractivity contribution in [2.24, 2.45) is 0 Å². The van der Waals surface area contributed by atoms with Crippen LogP contribution in [0.1, 0.15) is 21.5 Å². The number of carbonyl (C=O) groups is 1. The number of nitro benzene ring substituents is 1. The first-order chi connectivity index (χ1) is 9.54. The van der Waals surface area contributed by atoms with Crippen LogP contribution in [-0.4, -0.2) is 17.8 Å². The summed E-state index contributed by atoms with van der Waals surface area (Å²) < 4.78 is 5.15. The Balaban J connectivity index is 2.57. The summed E-state index contributed by atoms with van der Waals surface area (Å²) in [5, 5.41) is 11.0. The van der Waals surface area contributed by atoms with Gasteiger partial charge in [-0.1, -0.05) is 23.8 Å². The van der Waals surface area contributed by atoms with Gasteiger partial charge >= 0.3 is 0 Å². The Morgan fingerprint density at radius 2 is 1.85 bits per heavy atom. The van der Waals surface area contributed by atoms with Crippen LogP contribution in [0.15, 0.2) is 42.5 Å². The van der Waals surface area contributed by atoms with E-state index in [1.165, 1.54) is 25.3 Å². The highest BCUT2D eigenvalue weighted by Crippen LogP contribution is 2.27. The number of nitro groups is 1. The molecule has 2 aromatic carbocycles. The van der Waals surface area contributed by atoms with E-state index in [0.29, 0.717) is 11.3 Å². The Kier molecular flexibility index (Phi) is 3.79. The van der Waals surface area contributed by atoms with Crippen LogP contribution >= 0.6 is 0 Å². The summed E-state index contributed by atoms with van der Waals surface area (Å²) in [6.07, 6.45) is 0. The maximum atomic E-state index is 12.5. The average molecular weight is 271 g/mol. The molecular formula is C15H13NO4. The number of rotatable bonds is 4. The van der Waals surface area contributed by atoms with Crippen LogP contribution in [0.25, 0.3) is 0 Å². The Bertz CT molecular complexity index is 679. The molecule has 2 rings (SSSR count). The molecule has 0 aliphatic heterocycles. The smallest absolute Gasteiger partial charge is 0.280 e. The van der Waals surface area contributed by atoms with E-state index in [9.17, 15) is 14.9 Å². The zero-order valence-electron chi connectivity index (χ0n) is 11.1. The predicted molar refractivity (Wildman–Crippen MR) is 74.3 cm³/mol. The average Bonchev–Trinajstić information content (AvgIpc) is 2.46. The predicted octanol–water partition coefficient (Wildman–Crippen LogP) is 3.14. The first-order valence-electron chi connectivity index (χ1n) is 5.97. The van der Waals surface area contributed by atoms with Crippen molar-refractivity contribution in [3.8, 4) is 5.75 Å². The van der Waals surface area contributed by atoms with Gasteiger partial charge in [0.25, 0.3) is 5.69 Å². The molecular weight excluding hydrogens is 258 g/mol. The molecule has 0 amide bonds. The van der Waals surface area contributed by atoms with Gasteiger partial charge in [0.1, 0.15) is 11.3 Å². The second kappa shape index (κ2) is 5.52. The van der Waals surface area contributed by atoms with E-state index >= 15 is 0 Å². The first kappa shape index (κ1) is 13.7. The van der Waals surface area contributed by atoms with E-state index < -0.39 is 10.7 Å². The molecule has 0 spiro atoms. The third-order valence-electron chi connectivity index (χ3n) is 2.94. The summed E-state index contributed by atoms with van der Waals surface area (Å²) in [7, 11) is 1.46. The second-order valence-electron chi connectivity index (χ2n) is 4.31. The lowest BCUT2D eigenvalue weighted by Gasteiger charge is -2.08. The number of benzene rings is 2. The number of para-hydroxylation sites is 1. The summed E-state index contributed by atoms with van der Waals surface area (Å²) in [6, 6.07) is 11.0. The molecule has 0 aliphatic carbocycles. The lowest BCUT2D eigenvalue weighted by atomic mass is 9.99. The molecule has 0 radical (unpaired) electrons. The van der Waals surface area contributed by atoms with Gasteiger partial charge in [-0.15, -0.1) is 0 Å². The van der Waals surface area contributed by atoms with Crippen molar-refractivity contribution in [3.05, 3.63) is 69.3 Å². The van der Waals surface area contributed by atoms with Crippen molar-refractivity contribution in [2.75, 3.05) is 7.11 Å². The summed E-state index contributed by atoms with van der Waals surface area (Å²) in [6.45, 7) is 1.84. The molecule has 0 saturated carbocycles. The van der Waals surface area contributed by atoms with E-state index in [1.54, 1.807) is 18.2 Å². The quantitative estimate of drug-likeness (QED) is 0.486. The number of aryl methyl sites for hydroxylation is 1. The normalized spacial score (nSPS) is 10.1. The van der Waals surface area contributed by atoms with Crippen LogP contribution in [0.2, 0.25) is 0 Å². The van der Waals surface area contributed by atoms with Crippen LogP contribution in [0, 0.1) is 17.0 Å². The number of ether oxygens (including phenoxy) is 1. The van der Waals surface area contributed by atoms with Gasteiger partial charge in [0.15, 0.2) is 0 Å². The van der Waals surface area contributed by atoms with Gasteiger partial charge in [-0.25, -0.2) is 0 Å². The highest BCUT2D eigenvalue weighted by Gasteiger charge is 2.23. The van der Waals surface area contributed by atoms with Gasteiger partial charge in [-0.05, 0) is 25.1 Å². The third-order valence-corrected chi connectivity index (χ3v) is 2.94. The zero-order valence-corrected chi connectivity index (χ0v) is 11.1. The largest absolute Gasteiger partial charge is 0.496 e. The van der Waals surface area contributed by atoms with E-state index in [4.69, 9.17) is 4.74 Å². The molecule has 0 atom stereocenters. The maximum Gasteiger partial charge on any atom is 0.280 e. The van der Waals surface area contributed by atoms with Gasteiger partial charge in [-0.2, -0.15) is 0 Å². The molecule has 5 nitrogen and oxygen atoms in total. The van der Waals surface area contributed by atoms with Gasteiger partial charge in [0, 0.05) is 6.07 Å². The van der Waals surface area contributed by atoms with Crippen molar-refractivity contribution < 1.29 is 14.5 Å². The minimum atomic E-state index is -0.560. The molecule has 0 N–H and O–H groups in total. The molecule has 0 bridgehead atoms. The van der Waals surface area contributed by atoms with Crippen LogP contribution in [0.5, 0.6) is 5.75 Å². The Labute approximate surface area is 116 Å². The fourth-order valence-electron chi connectivity index (χ4n) is 1.97. The summed E-state index contributed by atoms with van der Waals surface area (Å²) >= 11 is 0. The van der Waals surface area contributed by atoms with Crippen molar-refractivity contribution in [1.82, 2.24) is 0 Å². The molecule has 102 valence electrons. The Morgan fingerprint density at radius 3 is 2.50 bits per heavy atom. The highest BCUT2D eigenvalue weighted by atomic mass is 16.6. The molecule has 20 heavy (non-hydrogen) atoms. The molecule has 2 aromatic rings. The van der Waals surface area contributed by atoms with E-state index in [-0.39, 0.29) is 11.3 Å². The molecule has 0 fully saturated rings. The van der Waals surface area contributed by atoms with Gasteiger partial charge in [0.2, 0.25) is 5.78 Å². The second-order valence-corrected chi connectivity index (χ2v) is 4.31. The van der Waals surface area contributed by atoms with Gasteiger partial charge in [-0.3, -0.25) is 14.9 Å². The molecule has 0 saturated heterocycles. The molecule has 0 aromatic heterocycles. The third kappa shape index (κ3) is 2.51. The first-order valence-corrected chi connectivity index (χ1v) is 5.97. The molecule has 5 heteroatoms. The highest BCUT2D eigenvalue weighted by molar-refractivity contribution is 6.13. The number of hydrogen-bond donors (Lipinski definition) is 0. The summed E-state index contributed by atoms with van der Waals surface area (Å²) in [5.41, 5.74) is 1.05. The monoisotopic (exact) mass is 271 g/mol. The van der Waals surface area contributed by atoms with E-state index in [1.807, 2.05) is 13.0 Å². The van der Waals surface area contributed by atoms with E-state index in [2.05, 4.69) is 0 Å². The van der Waals surface area contributed by atoms with Crippen molar-refractivity contribution in [2.45, 2.75) is 6.92 Å².